The Labute approximate surface area is 453 Å². The van der Waals surface area contributed by atoms with Crippen molar-refractivity contribution in [2.45, 2.75) is 115 Å². The van der Waals surface area contributed by atoms with Crippen molar-refractivity contribution < 1.29 is 42.1 Å². The van der Waals surface area contributed by atoms with E-state index in [0.29, 0.717) is 35.0 Å². The molecule has 74 heavy (non-hydrogen) atoms. The van der Waals surface area contributed by atoms with Crippen LogP contribution in [-0.4, -0.2) is 97.0 Å². The number of thiophene rings is 3. The van der Waals surface area contributed by atoms with Crippen LogP contribution in [0.4, 0.5) is 0 Å². The maximum atomic E-state index is 12.7. The van der Waals surface area contributed by atoms with Crippen LogP contribution in [0.1, 0.15) is 68.0 Å². The number of benzene rings is 3. The molecule has 0 bridgehead atoms. The second-order valence-corrected chi connectivity index (χ2v) is 31.8. The highest BCUT2D eigenvalue weighted by molar-refractivity contribution is 7.99. The van der Waals surface area contributed by atoms with Crippen molar-refractivity contribution in [1.29, 1.82) is 0 Å². The van der Waals surface area contributed by atoms with Crippen LogP contribution < -0.4 is 11.5 Å². The summed E-state index contributed by atoms with van der Waals surface area (Å²) in [6.07, 6.45) is 5.73. The molecule has 0 unspecified atom stereocenters. The van der Waals surface area contributed by atoms with E-state index in [2.05, 4.69) is 14.9 Å². The average Bonchev–Trinajstić information content (AvgIpc) is 4.25. The van der Waals surface area contributed by atoms with Crippen LogP contribution in [-0.2, 0) is 68.6 Å². The van der Waals surface area contributed by atoms with E-state index in [1.54, 1.807) is 48.2 Å². The van der Waals surface area contributed by atoms with Gasteiger partial charge >= 0.3 is 0 Å². The molecule has 0 amide bonds. The van der Waals surface area contributed by atoms with Gasteiger partial charge in [0.1, 0.15) is 12.6 Å². The van der Waals surface area contributed by atoms with E-state index < -0.39 is 49.2 Å². The molecule has 3 aromatic heterocycles. The van der Waals surface area contributed by atoms with Crippen LogP contribution in [0.5, 0.6) is 0 Å². The minimum atomic E-state index is -3.66. The Morgan fingerprint density at radius 2 is 0.946 bits per heavy atom. The molecule has 25 heteroatoms. The highest BCUT2D eigenvalue weighted by Gasteiger charge is 2.24. The zero-order chi connectivity index (χ0) is 53.3. The summed E-state index contributed by atoms with van der Waals surface area (Å²) in [5, 5.41) is 3.48. The number of likely N-dealkylation sites (tertiary alicyclic amines) is 1. The molecule has 0 radical (unpaired) electrons. The van der Waals surface area contributed by atoms with Crippen LogP contribution in [0.15, 0.2) is 156 Å². The Morgan fingerprint density at radius 1 is 0.554 bits per heavy atom. The lowest BCUT2D eigenvalue weighted by molar-refractivity contribution is 0.340. The molecule has 1 fully saturated rings. The first kappa shape index (κ1) is 62.6. The first-order chi connectivity index (χ1) is 34.7. The number of hydrogen-bond acceptors (Lipinski definition) is 18. The minimum absolute atomic E-state index is 0. The number of nitrogens with two attached hydrogens (primary N) is 2. The molecule has 0 aliphatic carbocycles. The van der Waals surface area contributed by atoms with E-state index in [-0.39, 0.29) is 53.5 Å². The first-order valence-corrected chi connectivity index (χ1v) is 34.4. The minimum Gasteiger partial charge on any atom is -0.330 e. The fraction of sp³-hybridized carbons (Fsp3) is 0.388. The van der Waals surface area contributed by atoms with Crippen molar-refractivity contribution in [2.75, 3.05) is 50.0 Å². The van der Waals surface area contributed by atoms with Crippen LogP contribution in [0, 0.1) is 0 Å². The number of hydrogen-bond donors (Lipinski definition) is 2. The summed E-state index contributed by atoms with van der Waals surface area (Å²) in [7, 11) is -17.5. The number of rotatable bonds is 23. The van der Waals surface area contributed by atoms with Crippen LogP contribution in [0.3, 0.4) is 0 Å². The summed E-state index contributed by atoms with van der Waals surface area (Å²) in [6.45, 7) is 7.90. The molecule has 4 N–H and O–H groups in total. The number of azide groups is 1. The first-order valence-electron chi connectivity index (χ1n) is 23.2. The predicted octanol–water partition coefficient (Wildman–Crippen LogP) is 10.1. The largest absolute Gasteiger partial charge is 0.330 e. The quantitative estimate of drug-likeness (QED) is 0.0199. The molecule has 16 nitrogen and oxygen atoms in total. The zero-order valence-electron chi connectivity index (χ0n) is 40.4. The number of aryl methyl sites for hydroxylation is 2. The maximum absolute atomic E-state index is 12.7. The van der Waals surface area contributed by atoms with Crippen molar-refractivity contribution in [3.8, 4) is 0 Å². The lowest BCUT2D eigenvalue weighted by Crippen LogP contribution is -2.22. The molecule has 1 saturated heterocycles. The third-order valence-corrected chi connectivity index (χ3v) is 26.2. The molecular formula is C49H64N6O10S9. The Balaban J connectivity index is 0.000000240. The van der Waals surface area contributed by atoms with Gasteiger partial charge in [0.15, 0.2) is 19.7 Å². The van der Waals surface area contributed by atoms with E-state index in [9.17, 15) is 42.1 Å². The molecule has 0 saturated carbocycles. The predicted molar refractivity (Wildman–Crippen MR) is 299 cm³/mol. The molecule has 1 aliphatic rings. The fourth-order valence-electron chi connectivity index (χ4n) is 7.08. The third kappa shape index (κ3) is 17.3. The van der Waals surface area contributed by atoms with Crippen molar-refractivity contribution in [1.82, 2.24) is 4.90 Å². The molecule has 1 aliphatic heterocycles. The molecule has 0 atom stereocenters. The Bertz CT molecular complexity index is 3350. The van der Waals surface area contributed by atoms with Gasteiger partial charge in [-0.3, -0.25) is 0 Å². The number of thioether (sulfide) groups is 1. The Kier molecular flexibility index (Phi) is 24.5. The van der Waals surface area contributed by atoms with Gasteiger partial charge in [-0.2, -0.15) is 0 Å². The lowest BCUT2D eigenvalue weighted by atomic mass is 10.4. The fourth-order valence-corrected chi connectivity index (χ4v) is 18.6. The third-order valence-electron chi connectivity index (χ3n) is 11.2. The van der Waals surface area contributed by atoms with Gasteiger partial charge in [-0.05, 0) is 192 Å². The molecule has 3 aromatic carbocycles. The van der Waals surface area contributed by atoms with Crippen molar-refractivity contribution in [2.24, 2.45) is 16.6 Å². The summed E-state index contributed by atoms with van der Waals surface area (Å²) in [5.41, 5.74) is 19.1. The topological polar surface area (TPSA) is 275 Å². The van der Waals surface area contributed by atoms with Gasteiger partial charge in [-0.1, -0.05) is 26.4 Å². The number of nitrogens with zero attached hydrogens (tertiary/aromatic N) is 4. The molecule has 6 aromatic rings. The van der Waals surface area contributed by atoms with Crippen molar-refractivity contribution in [3.05, 3.63) is 134 Å². The smallest absolute Gasteiger partial charge is 0.215 e. The molecule has 404 valence electrons. The highest BCUT2D eigenvalue weighted by atomic mass is 32.2. The average molecular weight is 1190 g/mol. The van der Waals surface area contributed by atoms with Crippen LogP contribution in [0.2, 0.25) is 0 Å². The van der Waals surface area contributed by atoms with Crippen molar-refractivity contribution >= 4 is 95.0 Å². The van der Waals surface area contributed by atoms with Gasteiger partial charge in [-0.25, -0.2) is 42.1 Å². The van der Waals surface area contributed by atoms with Gasteiger partial charge in [0, 0.05) is 37.5 Å². The Hall–Kier alpha value is -3.95. The highest BCUT2D eigenvalue weighted by Crippen LogP contribution is 2.32. The standard InChI is InChI=1S/C18H24N2O4S3.C15H17N3O2S3.C15H19NO4S3.CH4/c19-14-15-4-9-18(25-15)27(23,24)17-7-5-16(6-8-17)26(21,22)13-3-12-20-10-1-2-11-20;1-2-12-6-9-15(22-12)23(19,20)14-7-4-13(5-8-14)21-11-3-10-17-18-16;1-2-12-4-9-15(21-12)23(19,20)14-7-5-13(6-8-14)22(17,18)11-3-10-16;/h4-9H,1-3,10-14,19H2;4-9H,2-3,10-11H2,1H3;4-9H,2-3,10-11,16H2,1H3;1H4. The summed E-state index contributed by atoms with van der Waals surface area (Å²) in [6, 6.07) is 28.0. The van der Waals surface area contributed by atoms with Gasteiger partial charge < -0.3 is 16.4 Å². The van der Waals surface area contributed by atoms with Gasteiger partial charge in [-0.15, -0.1) is 45.8 Å². The maximum Gasteiger partial charge on any atom is 0.215 e. The van der Waals surface area contributed by atoms with Gasteiger partial charge in [0.2, 0.25) is 29.5 Å². The van der Waals surface area contributed by atoms with Crippen LogP contribution in [0.25, 0.3) is 10.4 Å². The lowest BCUT2D eigenvalue weighted by Gasteiger charge is -2.14. The van der Waals surface area contributed by atoms with E-state index in [1.807, 2.05) is 32.0 Å². The SMILES string of the molecule is C.CCc1ccc(S(=O)(=O)c2ccc(S(=O)(=O)CCCN)cc2)s1.CCc1ccc(S(=O)(=O)c2ccc(SCCCN=[N+]=[N-])cc2)s1.NCc1ccc(S(=O)(=O)c2ccc(S(=O)(=O)CCCN3CCCC3)cc2)s1. The molecule has 7 rings (SSSR count). The van der Waals surface area contributed by atoms with Crippen molar-refractivity contribution in [3.63, 3.8) is 0 Å². The molecule has 4 heterocycles. The summed E-state index contributed by atoms with van der Waals surface area (Å²) in [4.78, 5) is 9.61. The van der Waals surface area contributed by atoms with E-state index >= 15 is 0 Å². The Morgan fingerprint density at radius 3 is 1.32 bits per heavy atom. The summed E-state index contributed by atoms with van der Waals surface area (Å²) in [5.74, 6) is 0.858. The number of sulfone groups is 5. The zero-order valence-corrected chi connectivity index (χ0v) is 47.8. The van der Waals surface area contributed by atoms with E-state index in [4.69, 9.17) is 17.0 Å². The summed E-state index contributed by atoms with van der Waals surface area (Å²) < 4.78 is 126. The monoisotopic (exact) mass is 1180 g/mol. The summed E-state index contributed by atoms with van der Waals surface area (Å²) >= 11 is 5.31. The molecular weight excluding hydrogens is 1120 g/mol. The second kappa shape index (κ2) is 29.0. The van der Waals surface area contributed by atoms with E-state index in [1.165, 1.54) is 90.1 Å². The van der Waals surface area contributed by atoms with Gasteiger partial charge in [0.25, 0.3) is 0 Å². The normalized spacial score (nSPS) is 13.2. The van der Waals surface area contributed by atoms with Crippen LogP contribution >= 0.6 is 45.8 Å². The van der Waals surface area contributed by atoms with E-state index in [0.717, 1.165) is 75.5 Å². The van der Waals surface area contributed by atoms with Gasteiger partial charge in [0.05, 0.1) is 36.0 Å². The second-order valence-electron chi connectivity index (χ2n) is 16.3. The molecule has 0 spiro atoms.